The van der Waals surface area contributed by atoms with E-state index < -0.39 is 15.3 Å². The molecule has 4 nitrogen and oxygen atoms in total. The minimum Gasteiger partial charge on any atom is -0.211 e. The number of nitriles is 1. The zero-order valence-corrected chi connectivity index (χ0v) is 19.7. The van der Waals surface area contributed by atoms with Crippen LogP contribution in [-0.4, -0.2) is 31.1 Å². The summed E-state index contributed by atoms with van der Waals surface area (Å²) >= 11 is 0. The average molecular weight is 415 g/mol. The zero-order chi connectivity index (χ0) is 21.1. The van der Waals surface area contributed by atoms with E-state index in [1.54, 1.807) is 4.31 Å². The fraction of sp³-hybridized carbons (Fsp3) is 0.957. The van der Waals surface area contributed by atoms with Crippen LogP contribution in [0, 0.1) is 11.3 Å². The summed E-state index contributed by atoms with van der Waals surface area (Å²) in [5.41, 5.74) is 0. The van der Waals surface area contributed by atoms with Gasteiger partial charge >= 0.3 is 0 Å². The highest BCUT2D eigenvalue weighted by atomic mass is 32.2. The van der Waals surface area contributed by atoms with Gasteiger partial charge in [-0.15, -0.1) is 0 Å². The fourth-order valence-corrected chi connectivity index (χ4v) is 5.27. The second-order valence-corrected chi connectivity index (χ2v) is 10.2. The first kappa shape index (κ1) is 27.4. The van der Waals surface area contributed by atoms with Crippen LogP contribution in [0.4, 0.5) is 0 Å². The maximum absolute atomic E-state index is 13.1. The molecule has 0 rings (SSSR count). The van der Waals surface area contributed by atoms with Gasteiger partial charge in [-0.05, 0) is 19.3 Å². The van der Waals surface area contributed by atoms with E-state index in [2.05, 4.69) is 26.8 Å². The van der Waals surface area contributed by atoms with E-state index in [-0.39, 0.29) is 0 Å². The summed E-state index contributed by atoms with van der Waals surface area (Å²) in [5, 5.41) is 8.62. The molecule has 0 heterocycles. The van der Waals surface area contributed by atoms with E-state index in [1.807, 2.05) is 0 Å². The molecule has 0 N–H and O–H groups in total. The average Bonchev–Trinajstić information content (AvgIpc) is 2.68. The van der Waals surface area contributed by atoms with Crippen molar-refractivity contribution in [2.75, 3.05) is 13.1 Å². The molecule has 166 valence electrons. The Hall–Kier alpha value is -0.600. The lowest BCUT2D eigenvalue weighted by Gasteiger charge is -2.25. The van der Waals surface area contributed by atoms with Crippen LogP contribution in [0.2, 0.25) is 0 Å². The molecule has 0 amide bonds. The van der Waals surface area contributed by atoms with Gasteiger partial charge in [-0.25, -0.2) is 12.7 Å². The van der Waals surface area contributed by atoms with Crippen molar-refractivity contribution in [3.63, 3.8) is 0 Å². The molecule has 5 heteroatoms. The van der Waals surface area contributed by atoms with Gasteiger partial charge in [-0.2, -0.15) is 5.26 Å². The lowest BCUT2D eigenvalue weighted by atomic mass is 10.1. The first-order valence-electron chi connectivity index (χ1n) is 11.9. The van der Waals surface area contributed by atoms with Crippen LogP contribution < -0.4 is 0 Å². The summed E-state index contributed by atoms with van der Waals surface area (Å²) in [7, 11) is -3.52. The Morgan fingerprint density at radius 1 is 0.679 bits per heavy atom. The van der Waals surface area contributed by atoms with Crippen molar-refractivity contribution in [2.24, 2.45) is 0 Å². The highest BCUT2D eigenvalue weighted by molar-refractivity contribution is 7.90. The smallest absolute Gasteiger partial charge is 0.211 e. The highest BCUT2D eigenvalue weighted by Gasteiger charge is 2.31. The molecule has 0 aliphatic carbocycles. The third-order valence-corrected chi connectivity index (χ3v) is 7.60. The third kappa shape index (κ3) is 12.8. The van der Waals surface area contributed by atoms with Crippen LogP contribution in [0.1, 0.15) is 124 Å². The van der Waals surface area contributed by atoms with Crippen LogP contribution in [0.15, 0.2) is 0 Å². The van der Waals surface area contributed by atoms with Crippen LogP contribution in [0.3, 0.4) is 0 Å². The van der Waals surface area contributed by atoms with Crippen LogP contribution in [0.5, 0.6) is 0 Å². The number of hydrogen-bond acceptors (Lipinski definition) is 3. The Kier molecular flexibility index (Phi) is 18.0. The Bertz CT molecular complexity index is 469. The molecule has 28 heavy (non-hydrogen) atoms. The Morgan fingerprint density at radius 3 is 1.50 bits per heavy atom. The molecule has 0 aliphatic rings. The molecule has 1 atom stereocenters. The maximum Gasteiger partial charge on any atom is 0.230 e. The quantitative estimate of drug-likeness (QED) is 0.205. The third-order valence-electron chi connectivity index (χ3n) is 5.46. The van der Waals surface area contributed by atoms with Gasteiger partial charge in [-0.1, -0.05) is 104 Å². The summed E-state index contributed by atoms with van der Waals surface area (Å²) in [6.45, 7) is 7.66. The van der Waals surface area contributed by atoms with Gasteiger partial charge in [0.1, 0.15) is 0 Å². The molecule has 0 fully saturated rings. The van der Waals surface area contributed by atoms with Crippen molar-refractivity contribution < 1.29 is 8.42 Å². The Labute approximate surface area is 176 Å². The lowest BCUT2D eigenvalue weighted by molar-refractivity contribution is 0.379. The Balaban J connectivity index is 4.69. The number of nitrogens with zero attached hydrogens (tertiary/aromatic N) is 2. The zero-order valence-electron chi connectivity index (χ0n) is 18.9. The molecule has 0 aromatic heterocycles. The number of sulfonamides is 1. The molecule has 0 saturated heterocycles. The van der Waals surface area contributed by atoms with Gasteiger partial charge in [-0.3, -0.25) is 0 Å². The SMILES string of the molecule is CCCCCCCCN(CCCCCCCC)S(=O)(=O)C(C#N)CCCCC. The molecule has 0 bridgehead atoms. The van der Waals surface area contributed by atoms with Crippen molar-refractivity contribution in [1.29, 1.82) is 5.26 Å². The first-order chi connectivity index (χ1) is 13.5. The van der Waals surface area contributed by atoms with Gasteiger partial charge < -0.3 is 0 Å². The van der Waals surface area contributed by atoms with E-state index in [4.69, 9.17) is 0 Å². The van der Waals surface area contributed by atoms with Crippen LogP contribution in [0.25, 0.3) is 0 Å². The topological polar surface area (TPSA) is 61.2 Å². The second-order valence-electron chi connectivity index (χ2n) is 8.09. The van der Waals surface area contributed by atoms with Gasteiger partial charge in [0.15, 0.2) is 5.25 Å². The standard InChI is InChI=1S/C23H46N2O2S/c1-4-7-10-12-14-17-20-25(21-18-15-13-11-8-5-2)28(26,27)23(22-24)19-16-9-6-3/h23H,4-21H2,1-3H3. The number of unbranched alkanes of at least 4 members (excludes halogenated alkanes) is 12. The molecular formula is C23H46N2O2S. The molecule has 0 spiro atoms. The molecular weight excluding hydrogens is 368 g/mol. The summed E-state index contributed by atoms with van der Waals surface area (Å²) in [6.07, 6.45) is 17.1. The fourth-order valence-electron chi connectivity index (χ4n) is 3.54. The lowest BCUT2D eigenvalue weighted by Crippen LogP contribution is -2.39. The van der Waals surface area contributed by atoms with E-state index in [1.165, 1.54) is 51.4 Å². The maximum atomic E-state index is 13.1. The highest BCUT2D eigenvalue weighted by Crippen LogP contribution is 2.18. The monoisotopic (exact) mass is 414 g/mol. The number of rotatable bonds is 20. The van der Waals surface area contributed by atoms with Crippen molar-refractivity contribution in [3.05, 3.63) is 0 Å². The van der Waals surface area contributed by atoms with Gasteiger partial charge in [0.05, 0.1) is 6.07 Å². The summed E-state index contributed by atoms with van der Waals surface area (Å²) < 4.78 is 27.8. The normalized spacial score (nSPS) is 13.0. The van der Waals surface area contributed by atoms with Crippen molar-refractivity contribution in [3.8, 4) is 6.07 Å². The second kappa shape index (κ2) is 18.4. The van der Waals surface area contributed by atoms with Crippen LogP contribution >= 0.6 is 0 Å². The van der Waals surface area contributed by atoms with Crippen molar-refractivity contribution in [2.45, 2.75) is 129 Å². The molecule has 0 aliphatic heterocycles. The van der Waals surface area contributed by atoms with Crippen molar-refractivity contribution >= 4 is 10.0 Å². The largest absolute Gasteiger partial charge is 0.230 e. The first-order valence-corrected chi connectivity index (χ1v) is 13.4. The minimum absolute atomic E-state index is 0.468. The van der Waals surface area contributed by atoms with E-state index in [9.17, 15) is 13.7 Å². The predicted octanol–water partition coefficient (Wildman–Crippen LogP) is 6.81. The minimum atomic E-state index is -3.52. The van der Waals surface area contributed by atoms with Crippen LogP contribution in [-0.2, 0) is 10.0 Å². The van der Waals surface area contributed by atoms with Gasteiger partial charge in [0, 0.05) is 13.1 Å². The molecule has 1 unspecified atom stereocenters. The molecule has 0 saturated carbocycles. The summed E-state index contributed by atoms with van der Waals surface area (Å²) in [4.78, 5) is 0. The Morgan fingerprint density at radius 2 is 1.07 bits per heavy atom. The van der Waals surface area contributed by atoms with E-state index in [0.29, 0.717) is 19.5 Å². The van der Waals surface area contributed by atoms with Gasteiger partial charge in [0.2, 0.25) is 10.0 Å². The predicted molar refractivity (Wildman–Crippen MR) is 121 cm³/mol. The van der Waals surface area contributed by atoms with Gasteiger partial charge in [0.25, 0.3) is 0 Å². The van der Waals surface area contributed by atoms with E-state index in [0.717, 1.165) is 44.9 Å². The summed E-state index contributed by atoms with van der Waals surface area (Å²) in [5.74, 6) is 0. The number of hydrogen-bond donors (Lipinski definition) is 0. The molecule has 0 aromatic carbocycles. The molecule has 0 radical (unpaired) electrons. The van der Waals surface area contributed by atoms with E-state index >= 15 is 0 Å². The van der Waals surface area contributed by atoms with Crippen molar-refractivity contribution in [1.82, 2.24) is 4.31 Å². The molecule has 0 aromatic rings. The summed E-state index contributed by atoms with van der Waals surface area (Å²) in [6, 6.07) is 2.09.